The Bertz CT molecular complexity index is 457. The highest BCUT2D eigenvalue weighted by Gasteiger charge is 2.31. The van der Waals surface area contributed by atoms with E-state index >= 15 is 0 Å². The van der Waals surface area contributed by atoms with Gasteiger partial charge in [-0.05, 0) is 56.0 Å². The minimum Gasteiger partial charge on any atom is -0.310 e. The lowest BCUT2D eigenvalue weighted by atomic mass is 9.98. The summed E-state index contributed by atoms with van der Waals surface area (Å²) in [6.07, 6.45) is 0.999. The number of allylic oxidation sites excluding steroid dienone is 1. The van der Waals surface area contributed by atoms with Crippen molar-refractivity contribution in [3.8, 4) is 0 Å². The second-order valence-corrected chi connectivity index (χ2v) is 5.81. The van der Waals surface area contributed by atoms with Crippen LogP contribution in [0.1, 0.15) is 49.8 Å². The third kappa shape index (κ3) is 5.83. The van der Waals surface area contributed by atoms with Crippen LogP contribution >= 0.6 is 15.9 Å². The lowest BCUT2D eigenvalue weighted by molar-refractivity contribution is -0.137. The van der Waals surface area contributed by atoms with Crippen LogP contribution in [0, 0.1) is 0 Å². The Morgan fingerprint density at radius 3 is 2.67 bits per heavy atom. The number of halogens is 4. The monoisotopic (exact) mass is 363 g/mol. The van der Waals surface area contributed by atoms with E-state index in [2.05, 4.69) is 27.8 Å². The second-order valence-electron chi connectivity index (χ2n) is 4.96. The van der Waals surface area contributed by atoms with E-state index in [9.17, 15) is 13.2 Å². The number of unbranched alkanes of at least 4 members (excludes halogenated alkanes) is 1. The molecule has 0 aliphatic rings. The third-order valence-corrected chi connectivity index (χ3v) is 3.96. The maximum absolute atomic E-state index is 12.9. The molecule has 0 saturated heterocycles. The number of benzene rings is 1. The van der Waals surface area contributed by atoms with Crippen molar-refractivity contribution in [1.82, 2.24) is 5.32 Å². The zero-order valence-corrected chi connectivity index (χ0v) is 13.7. The molecule has 0 fully saturated rings. The topological polar surface area (TPSA) is 12.0 Å². The van der Waals surface area contributed by atoms with Gasteiger partial charge in [-0.3, -0.25) is 0 Å². The molecule has 1 N–H and O–H groups in total. The Labute approximate surface area is 132 Å². The quantitative estimate of drug-likeness (QED) is 0.450. The maximum Gasteiger partial charge on any atom is 0.416 e. The van der Waals surface area contributed by atoms with E-state index < -0.39 is 11.7 Å². The van der Waals surface area contributed by atoms with E-state index in [-0.39, 0.29) is 6.04 Å². The van der Waals surface area contributed by atoms with Gasteiger partial charge in [0.05, 0.1) is 5.56 Å². The van der Waals surface area contributed by atoms with E-state index in [1.165, 1.54) is 12.1 Å². The Kier molecular flexibility index (Phi) is 7.46. The molecule has 0 amide bonds. The largest absolute Gasteiger partial charge is 0.416 e. The molecule has 0 bridgehead atoms. The molecule has 0 aromatic heterocycles. The van der Waals surface area contributed by atoms with Crippen LogP contribution in [0.5, 0.6) is 0 Å². The van der Waals surface area contributed by atoms with Gasteiger partial charge in [0.2, 0.25) is 0 Å². The summed E-state index contributed by atoms with van der Waals surface area (Å²) < 4.78 is 39.3. The van der Waals surface area contributed by atoms with Crippen LogP contribution in [-0.4, -0.2) is 6.54 Å². The van der Waals surface area contributed by atoms with Gasteiger partial charge >= 0.3 is 6.18 Å². The average molecular weight is 364 g/mol. The molecule has 0 saturated carbocycles. The fourth-order valence-electron chi connectivity index (χ4n) is 2.14. The smallest absolute Gasteiger partial charge is 0.310 e. The van der Waals surface area contributed by atoms with Gasteiger partial charge in [0.1, 0.15) is 0 Å². The Morgan fingerprint density at radius 1 is 1.38 bits per heavy atom. The first kappa shape index (κ1) is 18.2. The molecule has 0 aliphatic carbocycles. The molecule has 118 valence electrons. The van der Waals surface area contributed by atoms with E-state index in [1.54, 1.807) is 0 Å². The van der Waals surface area contributed by atoms with E-state index in [4.69, 9.17) is 0 Å². The first-order valence-corrected chi connectivity index (χ1v) is 7.90. The molecule has 21 heavy (non-hydrogen) atoms. The van der Waals surface area contributed by atoms with E-state index in [0.29, 0.717) is 10.0 Å². The molecule has 1 aromatic rings. The summed E-state index contributed by atoms with van der Waals surface area (Å²) in [4.78, 5) is 0. The van der Waals surface area contributed by atoms with Crippen LogP contribution in [0.3, 0.4) is 0 Å². The summed E-state index contributed by atoms with van der Waals surface area (Å²) in [7, 11) is 0. The van der Waals surface area contributed by atoms with Crippen molar-refractivity contribution >= 4 is 15.9 Å². The van der Waals surface area contributed by atoms with Crippen molar-refractivity contribution in [1.29, 1.82) is 0 Å². The highest BCUT2D eigenvalue weighted by atomic mass is 79.9. The summed E-state index contributed by atoms with van der Waals surface area (Å²) in [6.45, 7) is 6.49. The molecule has 1 unspecified atom stereocenters. The van der Waals surface area contributed by atoms with Crippen molar-refractivity contribution in [3.05, 3.63) is 46.5 Å². The van der Waals surface area contributed by atoms with Gasteiger partial charge in [0.25, 0.3) is 0 Å². The number of rotatable bonds is 8. The highest BCUT2D eigenvalue weighted by molar-refractivity contribution is 9.10. The molecular weight excluding hydrogens is 343 g/mol. The minimum absolute atomic E-state index is 0.0819. The van der Waals surface area contributed by atoms with Crippen LogP contribution in [-0.2, 0) is 6.18 Å². The molecule has 0 heterocycles. The van der Waals surface area contributed by atoms with Crippen LogP contribution in [0.15, 0.2) is 35.3 Å². The molecule has 0 radical (unpaired) electrons. The molecule has 0 spiro atoms. The van der Waals surface area contributed by atoms with E-state index in [0.717, 1.165) is 38.3 Å². The van der Waals surface area contributed by atoms with Crippen molar-refractivity contribution in [2.45, 2.75) is 44.8 Å². The van der Waals surface area contributed by atoms with Gasteiger partial charge in [-0.1, -0.05) is 28.9 Å². The van der Waals surface area contributed by atoms with Crippen molar-refractivity contribution in [2.75, 3.05) is 6.54 Å². The fourth-order valence-corrected chi connectivity index (χ4v) is 2.66. The molecule has 0 aliphatic heterocycles. The zero-order valence-electron chi connectivity index (χ0n) is 12.1. The van der Waals surface area contributed by atoms with Gasteiger partial charge < -0.3 is 5.32 Å². The molecule has 1 rings (SSSR count). The van der Waals surface area contributed by atoms with E-state index in [1.807, 2.05) is 13.0 Å². The minimum atomic E-state index is -4.31. The predicted octanol–water partition coefficient (Wildman–Crippen LogP) is 5.86. The lowest BCUT2D eigenvalue weighted by Gasteiger charge is -2.21. The van der Waals surface area contributed by atoms with Crippen LogP contribution in [0.2, 0.25) is 0 Å². The summed E-state index contributed by atoms with van der Waals surface area (Å²) in [5.74, 6) is 0. The lowest BCUT2D eigenvalue weighted by Crippen LogP contribution is -2.23. The standard InChI is InChI=1S/C16H21BrF3N/c1-3-5-6-7-15(21-10-4-2)13-11-12(16(18,19)20)8-9-14(13)17/h3,8-9,11,15,21H,1,4-7,10H2,2H3. The zero-order chi connectivity index (χ0) is 15.9. The number of alkyl halides is 3. The SMILES string of the molecule is C=CCCCC(NCCC)c1cc(C(F)(F)F)ccc1Br. The molecule has 5 heteroatoms. The number of nitrogens with one attached hydrogen (secondary N) is 1. The number of hydrogen-bond donors (Lipinski definition) is 1. The van der Waals surface area contributed by atoms with Gasteiger partial charge in [-0.2, -0.15) is 13.2 Å². The summed E-state index contributed by atoms with van der Waals surface area (Å²) in [5.41, 5.74) is 0.0649. The van der Waals surface area contributed by atoms with Crippen molar-refractivity contribution < 1.29 is 13.2 Å². The van der Waals surface area contributed by atoms with Crippen LogP contribution < -0.4 is 5.32 Å². The van der Waals surface area contributed by atoms with Gasteiger partial charge in [-0.15, -0.1) is 6.58 Å². The van der Waals surface area contributed by atoms with Gasteiger partial charge in [0, 0.05) is 10.5 Å². The Morgan fingerprint density at radius 2 is 2.10 bits per heavy atom. The van der Waals surface area contributed by atoms with Gasteiger partial charge in [-0.25, -0.2) is 0 Å². The number of hydrogen-bond acceptors (Lipinski definition) is 1. The second kappa shape index (κ2) is 8.59. The Hall–Kier alpha value is -0.810. The van der Waals surface area contributed by atoms with Crippen LogP contribution in [0.25, 0.3) is 0 Å². The molecular formula is C16H21BrF3N. The normalized spacial score (nSPS) is 13.2. The van der Waals surface area contributed by atoms with Crippen LogP contribution in [0.4, 0.5) is 13.2 Å². The molecule has 1 atom stereocenters. The van der Waals surface area contributed by atoms with Crippen molar-refractivity contribution in [2.24, 2.45) is 0 Å². The first-order chi connectivity index (χ1) is 9.90. The fraction of sp³-hybridized carbons (Fsp3) is 0.500. The van der Waals surface area contributed by atoms with Crippen molar-refractivity contribution in [3.63, 3.8) is 0 Å². The van der Waals surface area contributed by atoms with Gasteiger partial charge in [0.15, 0.2) is 0 Å². The summed E-state index contributed by atoms with van der Waals surface area (Å²) >= 11 is 3.37. The summed E-state index contributed by atoms with van der Waals surface area (Å²) in [5, 5.41) is 3.33. The first-order valence-electron chi connectivity index (χ1n) is 7.11. The highest BCUT2D eigenvalue weighted by Crippen LogP contribution is 2.35. The average Bonchev–Trinajstić information content (AvgIpc) is 2.42. The predicted molar refractivity (Wildman–Crippen MR) is 84.2 cm³/mol. The summed E-state index contributed by atoms with van der Waals surface area (Å²) in [6, 6.07) is 3.74. The third-order valence-electron chi connectivity index (χ3n) is 3.24. The maximum atomic E-state index is 12.9. The Balaban J connectivity index is 3.00. The molecule has 1 aromatic carbocycles. The molecule has 1 nitrogen and oxygen atoms in total.